The Hall–Kier alpha value is -1.67. The summed E-state index contributed by atoms with van der Waals surface area (Å²) in [5.74, 6) is 0.0370. The minimum Gasteiger partial charge on any atom is -0.289 e. The second-order valence-electron chi connectivity index (χ2n) is 3.72. The average molecular weight is 227 g/mol. The zero-order valence-corrected chi connectivity index (χ0v) is 9.75. The highest BCUT2D eigenvalue weighted by molar-refractivity contribution is 7.80. The number of rotatable bonds is 2. The third-order valence-electron chi connectivity index (χ3n) is 2.43. The predicted molar refractivity (Wildman–Crippen MR) is 66.9 cm³/mol. The Kier molecular flexibility index (Phi) is 3.02. The Balaban J connectivity index is 2.32. The molecule has 0 aliphatic carbocycles. The number of hydrogen-bond donors (Lipinski definition) is 0. The topological polar surface area (TPSA) is 17.1 Å². The first-order valence-corrected chi connectivity index (χ1v) is 5.46. The fourth-order valence-corrected chi connectivity index (χ4v) is 1.61. The van der Waals surface area contributed by atoms with E-state index in [2.05, 4.69) is 0 Å². The van der Waals surface area contributed by atoms with Crippen molar-refractivity contribution in [3.05, 3.63) is 65.2 Å². The van der Waals surface area contributed by atoms with Gasteiger partial charge in [0.05, 0.1) is 0 Å². The van der Waals surface area contributed by atoms with Crippen molar-refractivity contribution in [2.24, 2.45) is 0 Å². The van der Waals surface area contributed by atoms with E-state index in [1.807, 2.05) is 31.2 Å². The second kappa shape index (κ2) is 4.45. The first-order valence-electron chi connectivity index (χ1n) is 5.05. The van der Waals surface area contributed by atoms with Crippen LogP contribution >= 0.6 is 12.6 Å². The summed E-state index contributed by atoms with van der Waals surface area (Å²) in [7, 11) is 0. The molecule has 0 amide bonds. The predicted octanol–water partition coefficient (Wildman–Crippen LogP) is 3.78. The summed E-state index contributed by atoms with van der Waals surface area (Å²) in [6, 6.07) is 14.7. The van der Waals surface area contributed by atoms with Crippen LogP contribution in [-0.2, 0) is 0 Å². The van der Waals surface area contributed by atoms with Gasteiger partial charge in [0.2, 0.25) is 0 Å². The summed E-state index contributed by atoms with van der Waals surface area (Å²) in [4.78, 5) is 12.8. The van der Waals surface area contributed by atoms with Crippen molar-refractivity contribution in [1.29, 1.82) is 0 Å². The van der Waals surface area contributed by atoms with Crippen molar-refractivity contribution in [3.63, 3.8) is 0 Å². The van der Waals surface area contributed by atoms with Gasteiger partial charge in [0.1, 0.15) is 0 Å². The zero-order valence-electron chi connectivity index (χ0n) is 8.94. The van der Waals surface area contributed by atoms with Crippen LogP contribution in [0.3, 0.4) is 0 Å². The van der Waals surface area contributed by atoms with Crippen LogP contribution in [0, 0.1) is 6.92 Å². The first kappa shape index (κ1) is 10.8. The molecule has 0 fully saturated rings. The van der Waals surface area contributed by atoms with Crippen LogP contribution in [0.5, 0.6) is 0 Å². The molecule has 0 aromatic heterocycles. The van der Waals surface area contributed by atoms with E-state index in [0.717, 1.165) is 10.5 Å². The van der Waals surface area contributed by atoms with E-state index in [1.165, 1.54) is 0 Å². The molecule has 0 aliphatic rings. The molecule has 79 valence electrons. The molecule has 1 nitrogen and oxygen atoms in total. The smallest absolute Gasteiger partial charge is 0.193 e. The maximum atomic E-state index is 12.0. The molecule has 2 rings (SSSR count). The van der Waals surface area contributed by atoms with E-state index in [1.54, 1.807) is 24.3 Å². The third kappa shape index (κ3) is 2.28. The maximum Gasteiger partial charge on any atom is 0.193 e. The molecule has 0 saturated heterocycles. The molecule has 2 aromatic rings. The van der Waals surface area contributed by atoms with Gasteiger partial charge in [0.25, 0.3) is 0 Å². The van der Waals surface area contributed by atoms with Crippen molar-refractivity contribution in [2.75, 3.05) is 0 Å². The van der Waals surface area contributed by atoms with Crippen LogP contribution in [0.2, 0.25) is 0 Å². The molecule has 2 heteroatoms. The van der Waals surface area contributed by atoms with Crippen molar-refractivity contribution in [3.8, 4) is 0 Å². The molecule has 0 atom stereocenters. The number of hydrogen-bond acceptors (Lipinski definition) is 1. The van der Waals surface area contributed by atoms with Gasteiger partial charge in [-0.3, -0.25) is 4.79 Å². The number of carbonyl (C=O) groups excluding carboxylic acids is 1. The van der Waals surface area contributed by atoms with E-state index < -0.39 is 0 Å². The number of benzene rings is 2. The standard InChI is InChI=1S/C14H11OS/c1-10-2-4-11(5-3-10)14(15)12-6-8-13(16)9-7-12/h2-9H,1H3. The quantitative estimate of drug-likeness (QED) is 0.713. The molecular weight excluding hydrogens is 216 g/mol. The van der Waals surface area contributed by atoms with Crippen molar-refractivity contribution >= 4 is 18.4 Å². The Morgan fingerprint density at radius 1 is 0.875 bits per heavy atom. The summed E-state index contributed by atoms with van der Waals surface area (Å²) in [6.45, 7) is 2.00. The largest absolute Gasteiger partial charge is 0.289 e. The van der Waals surface area contributed by atoms with Gasteiger partial charge in [-0.25, -0.2) is 0 Å². The lowest BCUT2D eigenvalue weighted by Crippen LogP contribution is -2.00. The summed E-state index contributed by atoms with van der Waals surface area (Å²) in [5, 5.41) is 0. The van der Waals surface area contributed by atoms with Gasteiger partial charge in [-0.1, -0.05) is 42.5 Å². The molecule has 0 bridgehead atoms. The van der Waals surface area contributed by atoms with Crippen LogP contribution in [0.25, 0.3) is 0 Å². The monoisotopic (exact) mass is 227 g/mol. The summed E-state index contributed by atoms with van der Waals surface area (Å²) in [6.07, 6.45) is 0. The van der Waals surface area contributed by atoms with Gasteiger partial charge < -0.3 is 0 Å². The Bertz CT molecular complexity index is 450. The van der Waals surface area contributed by atoms with Crippen molar-refractivity contribution in [1.82, 2.24) is 0 Å². The highest BCUT2D eigenvalue weighted by atomic mass is 32.1. The minimum absolute atomic E-state index is 0.0370. The van der Waals surface area contributed by atoms with E-state index in [4.69, 9.17) is 12.6 Å². The number of aryl methyl sites for hydroxylation is 1. The molecule has 0 N–H and O–H groups in total. The minimum atomic E-state index is 0.0370. The highest BCUT2D eigenvalue weighted by Gasteiger charge is 2.07. The lowest BCUT2D eigenvalue weighted by atomic mass is 10.0. The first-order chi connectivity index (χ1) is 7.66. The molecular formula is C14H11OS. The summed E-state index contributed by atoms with van der Waals surface area (Å²) >= 11 is 4.98. The Morgan fingerprint density at radius 2 is 1.31 bits per heavy atom. The second-order valence-corrected chi connectivity index (χ2v) is 4.19. The summed E-state index contributed by atoms with van der Waals surface area (Å²) < 4.78 is 0. The van der Waals surface area contributed by atoms with E-state index >= 15 is 0 Å². The lowest BCUT2D eigenvalue weighted by molar-refractivity contribution is 0.103. The highest BCUT2D eigenvalue weighted by Crippen LogP contribution is 2.13. The number of ketones is 1. The normalized spacial score (nSPS) is 10.1. The van der Waals surface area contributed by atoms with E-state index in [-0.39, 0.29) is 5.78 Å². The van der Waals surface area contributed by atoms with Gasteiger partial charge in [-0.05, 0) is 31.2 Å². The molecule has 2 aromatic carbocycles. The molecule has 0 aliphatic heterocycles. The van der Waals surface area contributed by atoms with Crippen molar-refractivity contribution < 1.29 is 4.79 Å². The average Bonchev–Trinajstić information content (AvgIpc) is 2.30. The maximum absolute atomic E-state index is 12.0. The summed E-state index contributed by atoms with van der Waals surface area (Å²) in [5.41, 5.74) is 2.54. The van der Waals surface area contributed by atoms with Crippen LogP contribution in [-0.4, -0.2) is 5.78 Å². The van der Waals surface area contributed by atoms with Gasteiger partial charge in [-0.2, -0.15) is 0 Å². The van der Waals surface area contributed by atoms with Gasteiger partial charge in [-0.15, -0.1) is 0 Å². The van der Waals surface area contributed by atoms with E-state index in [0.29, 0.717) is 11.1 Å². The SMILES string of the molecule is Cc1ccc(C(=O)c2ccc([S])cc2)cc1. The van der Waals surface area contributed by atoms with Gasteiger partial charge in [0, 0.05) is 16.0 Å². The molecule has 1 radical (unpaired) electrons. The lowest BCUT2D eigenvalue weighted by Gasteiger charge is -2.01. The van der Waals surface area contributed by atoms with Gasteiger partial charge in [0.15, 0.2) is 5.78 Å². The number of carbonyl (C=O) groups is 1. The molecule has 0 spiro atoms. The molecule has 0 saturated carbocycles. The van der Waals surface area contributed by atoms with Gasteiger partial charge >= 0.3 is 0 Å². The zero-order chi connectivity index (χ0) is 11.5. The molecule has 0 unspecified atom stereocenters. The van der Waals surface area contributed by atoms with Crippen LogP contribution in [0.4, 0.5) is 0 Å². The van der Waals surface area contributed by atoms with Crippen molar-refractivity contribution in [2.45, 2.75) is 11.8 Å². The Labute approximate surface area is 101 Å². The molecule has 0 heterocycles. The van der Waals surface area contributed by atoms with Crippen LogP contribution < -0.4 is 0 Å². The van der Waals surface area contributed by atoms with Crippen LogP contribution in [0.15, 0.2) is 53.4 Å². The Morgan fingerprint density at radius 3 is 1.81 bits per heavy atom. The van der Waals surface area contributed by atoms with E-state index in [9.17, 15) is 4.79 Å². The van der Waals surface area contributed by atoms with Crippen LogP contribution in [0.1, 0.15) is 21.5 Å². The fraction of sp³-hybridized carbons (Fsp3) is 0.0714. The third-order valence-corrected chi connectivity index (χ3v) is 2.70. The fourth-order valence-electron chi connectivity index (χ4n) is 1.48. The molecule has 16 heavy (non-hydrogen) atoms.